The molecule has 214 valence electrons. The summed E-state index contributed by atoms with van der Waals surface area (Å²) in [6.45, 7) is 7.36. The fraction of sp³-hybridized carbons (Fsp3) is 0.500. The summed E-state index contributed by atoms with van der Waals surface area (Å²) in [4.78, 5) is 27.8. The standard InChI is InChI=1S/C28H39N3O7S/c1-20(2)18-29-28(33)21(3)30(19-22-8-11-24(36-4)12-9-22)27(32)7-6-14-31(39(5,34)35)23-10-13-25-26(17-23)38-16-15-37-25/h8-13,17,20-21H,6-7,14-16,18-19H2,1-5H3,(H,29,33). The molecule has 0 aromatic heterocycles. The summed E-state index contributed by atoms with van der Waals surface area (Å²) in [6.07, 6.45) is 1.46. The van der Waals surface area contributed by atoms with Gasteiger partial charge < -0.3 is 24.4 Å². The molecule has 1 N–H and O–H groups in total. The molecular formula is C28H39N3O7S. The molecule has 0 spiro atoms. The van der Waals surface area contributed by atoms with Crippen molar-refractivity contribution in [2.24, 2.45) is 5.92 Å². The normalized spacial score (nSPS) is 13.5. The van der Waals surface area contributed by atoms with Gasteiger partial charge >= 0.3 is 0 Å². The Bertz CT molecular complexity index is 1230. The van der Waals surface area contributed by atoms with E-state index in [1.807, 2.05) is 26.0 Å². The highest BCUT2D eigenvalue weighted by atomic mass is 32.2. The molecule has 0 bridgehead atoms. The summed E-state index contributed by atoms with van der Waals surface area (Å²) in [7, 11) is -2.05. The van der Waals surface area contributed by atoms with Crippen LogP contribution in [0.2, 0.25) is 0 Å². The minimum Gasteiger partial charge on any atom is -0.497 e. The number of methoxy groups -OCH3 is 1. The summed E-state index contributed by atoms with van der Waals surface area (Å²) in [5.74, 6) is 1.53. The number of anilines is 1. The number of hydrogen-bond acceptors (Lipinski definition) is 7. The number of rotatable bonds is 13. The zero-order valence-electron chi connectivity index (χ0n) is 23.3. The van der Waals surface area contributed by atoms with Crippen molar-refractivity contribution in [2.45, 2.75) is 46.2 Å². The Morgan fingerprint density at radius 3 is 2.31 bits per heavy atom. The lowest BCUT2D eigenvalue weighted by atomic mass is 10.1. The Kier molecular flexibility index (Phi) is 10.4. The minimum atomic E-state index is -3.63. The van der Waals surface area contributed by atoms with Crippen LogP contribution in [0.1, 0.15) is 39.2 Å². The van der Waals surface area contributed by atoms with Crippen LogP contribution in [0.15, 0.2) is 42.5 Å². The Hall–Kier alpha value is -3.47. The highest BCUT2D eigenvalue weighted by Crippen LogP contribution is 2.34. The van der Waals surface area contributed by atoms with Crippen LogP contribution in [0.4, 0.5) is 5.69 Å². The molecule has 0 fully saturated rings. The maximum atomic E-state index is 13.4. The quantitative estimate of drug-likeness (QED) is 0.399. The molecule has 1 unspecified atom stereocenters. The third-order valence-electron chi connectivity index (χ3n) is 6.33. The van der Waals surface area contributed by atoms with Gasteiger partial charge in [-0.05, 0) is 49.1 Å². The number of hydrogen-bond donors (Lipinski definition) is 1. The lowest BCUT2D eigenvalue weighted by Gasteiger charge is -2.30. The van der Waals surface area contributed by atoms with Gasteiger partial charge in [-0.25, -0.2) is 8.42 Å². The average molecular weight is 562 g/mol. The van der Waals surface area contributed by atoms with Crippen LogP contribution in [-0.4, -0.2) is 70.8 Å². The molecule has 1 aliphatic rings. The lowest BCUT2D eigenvalue weighted by Crippen LogP contribution is -2.48. The van der Waals surface area contributed by atoms with Gasteiger partial charge in [-0.3, -0.25) is 13.9 Å². The van der Waals surface area contributed by atoms with E-state index in [9.17, 15) is 18.0 Å². The summed E-state index contributed by atoms with van der Waals surface area (Å²) in [6, 6.07) is 11.6. The van der Waals surface area contributed by atoms with Crippen LogP contribution < -0.4 is 23.8 Å². The number of fused-ring (bicyclic) bond motifs is 1. The third kappa shape index (κ3) is 8.51. The number of nitrogens with one attached hydrogen (secondary N) is 1. The van der Waals surface area contributed by atoms with Crippen molar-refractivity contribution in [1.29, 1.82) is 0 Å². The van der Waals surface area contributed by atoms with Gasteiger partial charge in [-0.2, -0.15) is 0 Å². The summed E-state index contributed by atoms with van der Waals surface area (Å²) in [5, 5.41) is 2.90. The maximum absolute atomic E-state index is 13.4. The molecule has 2 amide bonds. The van der Waals surface area contributed by atoms with Gasteiger partial charge in [0.2, 0.25) is 21.8 Å². The van der Waals surface area contributed by atoms with Crippen LogP contribution in [-0.2, 0) is 26.2 Å². The molecular weight excluding hydrogens is 522 g/mol. The molecule has 0 saturated heterocycles. The Balaban J connectivity index is 1.73. The second-order valence-corrected chi connectivity index (χ2v) is 11.9. The number of ether oxygens (including phenoxy) is 3. The molecule has 2 aromatic rings. The Morgan fingerprint density at radius 2 is 1.69 bits per heavy atom. The largest absolute Gasteiger partial charge is 0.497 e. The van der Waals surface area contributed by atoms with E-state index in [2.05, 4.69) is 5.32 Å². The maximum Gasteiger partial charge on any atom is 0.242 e. The second kappa shape index (κ2) is 13.5. The Labute approximate surface area is 231 Å². The van der Waals surface area contributed by atoms with Crippen LogP contribution in [0.5, 0.6) is 17.2 Å². The van der Waals surface area contributed by atoms with E-state index in [-0.39, 0.29) is 43.7 Å². The van der Waals surface area contributed by atoms with E-state index in [4.69, 9.17) is 14.2 Å². The van der Waals surface area contributed by atoms with Gasteiger partial charge in [0.25, 0.3) is 0 Å². The van der Waals surface area contributed by atoms with Crippen molar-refractivity contribution in [3.63, 3.8) is 0 Å². The first-order valence-corrected chi connectivity index (χ1v) is 14.9. The topological polar surface area (TPSA) is 114 Å². The van der Waals surface area contributed by atoms with Crippen molar-refractivity contribution >= 4 is 27.5 Å². The molecule has 39 heavy (non-hydrogen) atoms. The van der Waals surface area contributed by atoms with Crippen molar-refractivity contribution < 1.29 is 32.2 Å². The number of benzene rings is 2. The van der Waals surface area contributed by atoms with Crippen molar-refractivity contribution in [3.05, 3.63) is 48.0 Å². The van der Waals surface area contributed by atoms with E-state index in [0.29, 0.717) is 42.7 Å². The predicted molar refractivity (Wildman–Crippen MR) is 150 cm³/mol. The molecule has 0 radical (unpaired) electrons. The number of amides is 2. The number of nitrogens with zero attached hydrogens (tertiary/aromatic N) is 2. The third-order valence-corrected chi connectivity index (χ3v) is 7.52. The molecule has 0 saturated carbocycles. The lowest BCUT2D eigenvalue weighted by molar-refractivity contribution is -0.140. The second-order valence-electron chi connectivity index (χ2n) is 9.95. The summed E-state index contributed by atoms with van der Waals surface area (Å²) in [5.41, 5.74) is 1.28. The molecule has 3 rings (SSSR count). The molecule has 1 aliphatic heterocycles. The van der Waals surface area contributed by atoms with Gasteiger partial charge in [-0.15, -0.1) is 0 Å². The van der Waals surface area contributed by atoms with Crippen molar-refractivity contribution in [2.75, 3.05) is 44.0 Å². The zero-order chi connectivity index (χ0) is 28.6. The van der Waals surface area contributed by atoms with Crippen LogP contribution in [0, 0.1) is 5.92 Å². The molecule has 10 nitrogen and oxygen atoms in total. The fourth-order valence-electron chi connectivity index (χ4n) is 4.15. The van der Waals surface area contributed by atoms with Gasteiger partial charge in [-0.1, -0.05) is 26.0 Å². The van der Waals surface area contributed by atoms with Crippen molar-refractivity contribution in [1.82, 2.24) is 10.2 Å². The first-order valence-electron chi connectivity index (χ1n) is 13.1. The van der Waals surface area contributed by atoms with E-state index in [1.54, 1.807) is 44.4 Å². The monoisotopic (exact) mass is 561 g/mol. The van der Waals surface area contributed by atoms with Crippen LogP contribution in [0.25, 0.3) is 0 Å². The van der Waals surface area contributed by atoms with Crippen LogP contribution in [0.3, 0.4) is 0 Å². The van der Waals surface area contributed by atoms with E-state index in [0.717, 1.165) is 11.8 Å². The van der Waals surface area contributed by atoms with E-state index >= 15 is 0 Å². The predicted octanol–water partition coefficient (Wildman–Crippen LogP) is 3.20. The molecule has 2 aromatic carbocycles. The van der Waals surface area contributed by atoms with Gasteiger partial charge in [0, 0.05) is 32.1 Å². The fourth-order valence-corrected chi connectivity index (χ4v) is 5.11. The smallest absolute Gasteiger partial charge is 0.242 e. The SMILES string of the molecule is COc1ccc(CN(C(=O)CCCN(c2ccc3c(c2)OCCO3)S(C)(=O)=O)C(C)C(=O)NCC(C)C)cc1. The highest BCUT2D eigenvalue weighted by Gasteiger charge is 2.27. The van der Waals surface area contributed by atoms with E-state index in [1.165, 1.54) is 9.21 Å². The van der Waals surface area contributed by atoms with Crippen LogP contribution >= 0.6 is 0 Å². The summed E-state index contributed by atoms with van der Waals surface area (Å²) < 4.78 is 42.9. The number of carbonyl (C=O) groups excluding carboxylic acids is 2. The first kappa shape index (κ1) is 30.1. The molecule has 1 atom stereocenters. The molecule has 1 heterocycles. The first-order chi connectivity index (χ1) is 18.5. The number of sulfonamides is 1. The summed E-state index contributed by atoms with van der Waals surface area (Å²) >= 11 is 0. The Morgan fingerprint density at radius 1 is 1.03 bits per heavy atom. The van der Waals surface area contributed by atoms with Gasteiger partial charge in [0.05, 0.1) is 19.1 Å². The molecule has 0 aliphatic carbocycles. The molecule has 11 heteroatoms. The average Bonchev–Trinajstić information content (AvgIpc) is 2.91. The van der Waals surface area contributed by atoms with E-state index < -0.39 is 16.1 Å². The highest BCUT2D eigenvalue weighted by molar-refractivity contribution is 7.92. The van der Waals surface area contributed by atoms with Gasteiger partial charge in [0.15, 0.2) is 11.5 Å². The minimum absolute atomic E-state index is 0.0640. The van der Waals surface area contributed by atoms with Gasteiger partial charge in [0.1, 0.15) is 25.0 Å². The number of carbonyl (C=O) groups is 2. The zero-order valence-corrected chi connectivity index (χ0v) is 24.1. The van der Waals surface area contributed by atoms with Crippen molar-refractivity contribution in [3.8, 4) is 17.2 Å².